The van der Waals surface area contributed by atoms with E-state index in [9.17, 15) is 13.2 Å². The molecule has 0 spiro atoms. The lowest BCUT2D eigenvalue weighted by Gasteiger charge is -2.13. The number of benzene rings is 2. The Labute approximate surface area is 118 Å². The first-order valence-corrected chi connectivity index (χ1v) is 6.13. The second-order valence-corrected chi connectivity index (χ2v) is 4.54. The van der Waals surface area contributed by atoms with Crippen LogP contribution in [-0.4, -0.2) is 9.97 Å². The first-order chi connectivity index (χ1) is 9.97. The molecule has 106 valence electrons. The van der Waals surface area contributed by atoms with Crippen LogP contribution in [0.25, 0.3) is 22.2 Å². The third-order valence-electron chi connectivity index (χ3n) is 3.15. The number of aromatic nitrogens is 2. The van der Waals surface area contributed by atoms with Gasteiger partial charge in [-0.1, -0.05) is 18.2 Å². The zero-order chi connectivity index (χ0) is 15.0. The average molecular weight is 289 g/mol. The molecular formula is C15H10F3N3. The minimum Gasteiger partial charge on any atom is -0.399 e. The van der Waals surface area contributed by atoms with Gasteiger partial charge in [0.2, 0.25) is 0 Å². The molecular weight excluding hydrogens is 279 g/mol. The van der Waals surface area contributed by atoms with Crippen molar-refractivity contribution in [2.75, 3.05) is 5.73 Å². The first-order valence-electron chi connectivity index (χ1n) is 6.13. The van der Waals surface area contributed by atoms with Crippen LogP contribution in [0.2, 0.25) is 0 Å². The molecule has 2 aromatic carbocycles. The van der Waals surface area contributed by atoms with Crippen LogP contribution >= 0.6 is 0 Å². The summed E-state index contributed by atoms with van der Waals surface area (Å²) in [4.78, 5) is 8.08. The summed E-state index contributed by atoms with van der Waals surface area (Å²) in [6.07, 6.45) is -3.20. The van der Waals surface area contributed by atoms with Gasteiger partial charge in [-0.25, -0.2) is 9.97 Å². The van der Waals surface area contributed by atoms with Gasteiger partial charge >= 0.3 is 6.18 Å². The van der Waals surface area contributed by atoms with Crippen LogP contribution in [0.4, 0.5) is 18.9 Å². The largest absolute Gasteiger partial charge is 0.417 e. The molecule has 6 heteroatoms. The normalized spacial score (nSPS) is 11.8. The SMILES string of the molecule is Nc1ccc2ncnc(-c3ccccc3C(F)(F)F)c2c1. The molecule has 21 heavy (non-hydrogen) atoms. The molecule has 0 radical (unpaired) electrons. The van der Waals surface area contributed by atoms with Crippen molar-refractivity contribution in [3.63, 3.8) is 0 Å². The molecule has 0 saturated heterocycles. The van der Waals surface area contributed by atoms with E-state index in [2.05, 4.69) is 9.97 Å². The van der Waals surface area contributed by atoms with Crippen molar-refractivity contribution < 1.29 is 13.2 Å². The molecule has 0 atom stereocenters. The van der Waals surface area contributed by atoms with E-state index in [4.69, 9.17) is 5.73 Å². The lowest BCUT2D eigenvalue weighted by Crippen LogP contribution is -2.07. The fourth-order valence-electron chi connectivity index (χ4n) is 2.23. The summed E-state index contributed by atoms with van der Waals surface area (Å²) < 4.78 is 39.4. The minimum absolute atomic E-state index is 0.0167. The lowest BCUT2D eigenvalue weighted by atomic mass is 10.0. The highest BCUT2D eigenvalue weighted by atomic mass is 19.4. The molecule has 0 aliphatic heterocycles. The Hall–Kier alpha value is -2.63. The molecule has 1 aromatic heterocycles. The summed E-state index contributed by atoms with van der Waals surface area (Å²) in [5, 5.41) is 0.495. The summed E-state index contributed by atoms with van der Waals surface area (Å²) in [6, 6.07) is 10.2. The summed E-state index contributed by atoms with van der Waals surface area (Å²) >= 11 is 0. The number of nitrogens with two attached hydrogens (primary N) is 1. The molecule has 1 heterocycles. The van der Waals surface area contributed by atoms with Crippen LogP contribution in [-0.2, 0) is 6.18 Å². The van der Waals surface area contributed by atoms with Gasteiger partial charge in [0.1, 0.15) is 6.33 Å². The highest BCUT2D eigenvalue weighted by Crippen LogP contribution is 2.38. The van der Waals surface area contributed by atoms with Crippen molar-refractivity contribution in [3.05, 3.63) is 54.4 Å². The van der Waals surface area contributed by atoms with Crippen molar-refractivity contribution >= 4 is 16.6 Å². The molecule has 3 nitrogen and oxygen atoms in total. The van der Waals surface area contributed by atoms with E-state index in [1.807, 2.05) is 0 Å². The maximum atomic E-state index is 13.1. The Balaban J connectivity index is 2.34. The number of nitrogen functional groups attached to an aromatic ring is 1. The number of anilines is 1. The number of hydrogen-bond acceptors (Lipinski definition) is 3. The van der Waals surface area contributed by atoms with Crippen molar-refractivity contribution in [2.24, 2.45) is 0 Å². The number of halogens is 3. The van der Waals surface area contributed by atoms with E-state index in [1.165, 1.54) is 18.5 Å². The third-order valence-corrected chi connectivity index (χ3v) is 3.15. The Morgan fingerprint density at radius 1 is 0.952 bits per heavy atom. The van der Waals surface area contributed by atoms with Crippen molar-refractivity contribution in [1.82, 2.24) is 9.97 Å². The zero-order valence-electron chi connectivity index (χ0n) is 10.7. The molecule has 0 bridgehead atoms. The summed E-state index contributed by atoms with van der Waals surface area (Å²) in [7, 11) is 0. The molecule has 2 N–H and O–H groups in total. The number of nitrogens with zero attached hydrogens (tertiary/aromatic N) is 2. The molecule has 0 aliphatic carbocycles. The fourth-order valence-corrected chi connectivity index (χ4v) is 2.23. The average Bonchev–Trinajstić information content (AvgIpc) is 2.45. The smallest absolute Gasteiger partial charge is 0.399 e. The summed E-state index contributed by atoms with van der Waals surface area (Å²) in [6.45, 7) is 0. The second kappa shape index (κ2) is 4.73. The fraction of sp³-hybridized carbons (Fsp3) is 0.0667. The van der Waals surface area contributed by atoms with Crippen LogP contribution in [0.3, 0.4) is 0 Å². The van der Waals surface area contributed by atoms with Crippen LogP contribution in [0.15, 0.2) is 48.8 Å². The number of hydrogen-bond donors (Lipinski definition) is 1. The van der Waals surface area contributed by atoms with Gasteiger partial charge in [-0.05, 0) is 24.3 Å². The van der Waals surface area contributed by atoms with Gasteiger partial charge in [-0.15, -0.1) is 0 Å². The van der Waals surface area contributed by atoms with Gasteiger partial charge in [-0.2, -0.15) is 13.2 Å². The van der Waals surface area contributed by atoms with Crippen molar-refractivity contribution in [3.8, 4) is 11.3 Å². The van der Waals surface area contributed by atoms with E-state index in [1.54, 1.807) is 24.3 Å². The number of alkyl halides is 3. The Morgan fingerprint density at radius 3 is 2.48 bits per heavy atom. The quantitative estimate of drug-likeness (QED) is 0.691. The van der Waals surface area contributed by atoms with Crippen LogP contribution in [0.1, 0.15) is 5.56 Å². The number of fused-ring (bicyclic) bond motifs is 1. The molecule has 0 unspecified atom stereocenters. The zero-order valence-corrected chi connectivity index (χ0v) is 10.7. The van der Waals surface area contributed by atoms with E-state index in [0.29, 0.717) is 16.6 Å². The van der Waals surface area contributed by atoms with Gasteiger partial charge in [0, 0.05) is 16.6 Å². The number of rotatable bonds is 1. The van der Waals surface area contributed by atoms with Crippen LogP contribution in [0, 0.1) is 0 Å². The highest BCUT2D eigenvalue weighted by molar-refractivity contribution is 5.94. The van der Waals surface area contributed by atoms with Gasteiger partial charge in [0.25, 0.3) is 0 Å². The van der Waals surface area contributed by atoms with Crippen molar-refractivity contribution in [2.45, 2.75) is 6.18 Å². The maximum Gasteiger partial charge on any atom is 0.417 e. The molecule has 0 saturated carbocycles. The van der Waals surface area contributed by atoms with Gasteiger partial charge in [0.05, 0.1) is 16.8 Å². The van der Waals surface area contributed by atoms with Crippen molar-refractivity contribution in [1.29, 1.82) is 0 Å². The monoisotopic (exact) mass is 289 g/mol. The van der Waals surface area contributed by atoms with E-state index < -0.39 is 11.7 Å². The Morgan fingerprint density at radius 2 is 1.71 bits per heavy atom. The highest BCUT2D eigenvalue weighted by Gasteiger charge is 2.34. The molecule has 0 aliphatic rings. The minimum atomic E-state index is -4.45. The predicted molar refractivity (Wildman–Crippen MR) is 74.4 cm³/mol. The van der Waals surface area contributed by atoms with Gasteiger partial charge in [0.15, 0.2) is 0 Å². The third kappa shape index (κ3) is 2.40. The van der Waals surface area contributed by atoms with Gasteiger partial charge < -0.3 is 5.73 Å². The van der Waals surface area contributed by atoms with E-state index >= 15 is 0 Å². The second-order valence-electron chi connectivity index (χ2n) is 4.54. The molecule has 3 rings (SSSR count). The van der Waals surface area contributed by atoms with E-state index in [-0.39, 0.29) is 11.3 Å². The van der Waals surface area contributed by atoms with E-state index in [0.717, 1.165) is 6.07 Å². The summed E-state index contributed by atoms with van der Waals surface area (Å²) in [5.41, 5.74) is 6.22. The molecule has 0 fully saturated rings. The first kappa shape index (κ1) is 13.4. The topological polar surface area (TPSA) is 51.8 Å². The predicted octanol–water partition coefficient (Wildman–Crippen LogP) is 3.90. The maximum absolute atomic E-state index is 13.1. The van der Waals surface area contributed by atoms with Gasteiger partial charge in [-0.3, -0.25) is 0 Å². The lowest BCUT2D eigenvalue weighted by molar-refractivity contribution is -0.137. The Bertz CT molecular complexity index is 813. The standard InChI is InChI=1S/C15H10F3N3/c16-15(17,18)12-4-2-1-3-10(12)14-11-7-9(19)5-6-13(11)20-8-21-14/h1-8H,19H2. The molecule has 0 amide bonds. The summed E-state index contributed by atoms with van der Waals surface area (Å²) in [5.74, 6) is 0. The Kier molecular flexibility index (Phi) is 3.01. The van der Waals surface area contributed by atoms with Crippen LogP contribution < -0.4 is 5.73 Å². The van der Waals surface area contributed by atoms with Crippen LogP contribution in [0.5, 0.6) is 0 Å². The molecule has 3 aromatic rings.